The van der Waals surface area contributed by atoms with Gasteiger partial charge in [0.05, 0.1) is 9.13 Å². The summed E-state index contributed by atoms with van der Waals surface area (Å²) in [6.45, 7) is 0.137. The molecule has 108 valence electrons. The molecule has 6 heteroatoms. The van der Waals surface area contributed by atoms with Gasteiger partial charge in [-0.25, -0.2) is 4.79 Å². The van der Waals surface area contributed by atoms with E-state index in [-0.39, 0.29) is 12.2 Å². The second-order valence-electron chi connectivity index (χ2n) is 4.26. The normalized spacial score (nSPS) is 10.1. The van der Waals surface area contributed by atoms with Crippen LogP contribution in [0.25, 0.3) is 0 Å². The number of primary amides is 1. The van der Waals surface area contributed by atoms with E-state index in [2.05, 4.69) is 22.6 Å². The molecule has 2 rings (SSSR count). The van der Waals surface area contributed by atoms with Gasteiger partial charge >= 0.3 is 5.97 Å². The monoisotopic (exact) mass is 397 g/mol. The Hall–Kier alpha value is -2.09. The van der Waals surface area contributed by atoms with Crippen molar-refractivity contribution in [2.75, 3.05) is 0 Å². The third kappa shape index (κ3) is 3.72. The fraction of sp³-hybridized carbons (Fsp3) is 0.0667. The molecule has 2 aromatic rings. The summed E-state index contributed by atoms with van der Waals surface area (Å²) in [7, 11) is 0. The zero-order valence-corrected chi connectivity index (χ0v) is 13.0. The average Bonchev–Trinajstić information content (AvgIpc) is 2.46. The Balaban J connectivity index is 2.22. The van der Waals surface area contributed by atoms with Gasteiger partial charge in [-0.1, -0.05) is 18.2 Å². The molecule has 5 nitrogen and oxygen atoms in total. The van der Waals surface area contributed by atoms with Gasteiger partial charge in [-0.05, 0) is 46.9 Å². The fourth-order valence-corrected chi connectivity index (χ4v) is 2.28. The van der Waals surface area contributed by atoms with Crippen LogP contribution >= 0.6 is 22.6 Å². The van der Waals surface area contributed by atoms with E-state index >= 15 is 0 Å². The third-order valence-corrected chi connectivity index (χ3v) is 3.74. The minimum atomic E-state index is -1.02. The molecule has 0 atom stereocenters. The number of rotatable bonds is 5. The number of amides is 1. The Labute approximate surface area is 134 Å². The lowest BCUT2D eigenvalue weighted by molar-refractivity contribution is 0.0696. The molecule has 1 amide bonds. The first-order valence-electron chi connectivity index (χ1n) is 6.02. The maximum Gasteiger partial charge on any atom is 0.335 e. The number of hydrogen-bond donors (Lipinski definition) is 2. The Morgan fingerprint density at radius 2 is 1.90 bits per heavy atom. The molecule has 0 unspecified atom stereocenters. The molecule has 0 aliphatic rings. The molecular weight excluding hydrogens is 385 g/mol. The molecule has 0 saturated carbocycles. The van der Waals surface area contributed by atoms with Gasteiger partial charge in [0.25, 0.3) is 0 Å². The zero-order chi connectivity index (χ0) is 15.4. The van der Waals surface area contributed by atoms with Crippen LogP contribution in [-0.2, 0) is 6.61 Å². The van der Waals surface area contributed by atoms with Gasteiger partial charge in [0, 0.05) is 11.1 Å². The maximum absolute atomic E-state index is 11.3. The third-order valence-electron chi connectivity index (χ3n) is 2.84. The van der Waals surface area contributed by atoms with Crippen LogP contribution in [0.15, 0.2) is 42.5 Å². The Morgan fingerprint density at radius 1 is 1.19 bits per heavy atom. The first-order chi connectivity index (χ1) is 9.99. The second kappa shape index (κ2) is 6.57. The summed E-state index contributed by atoms with van der Waals surface area (Å²) >= 11 is 2.06. The second-order valence-corrected chi connectivity index (χ2v) is 5.42. The number of carboxylic acid groups (broad SMARTS) is 1. The highest BCUT2D eigenvalue weighted by Crippen LogP contribution is 2.24. The molecule has 0 aromatic heterocycles. The standard InChI is InChI=1S/C15H12INO4/c16-12-6-5-9(15(19)20)7-13(12)21-8-10-3-1-2-4-11(10)14(17)18/h1-7H,8H2,(H2,17,18)(H,19,20). The topological polar surface area (TPSA) is 89.6 Å². The van der Waals surface area contributed by atoms with Crippen molar-refractivity contribution in [3.8, 4) is 5.75 Å². The van der Waals surface area contributed by atoms with Crippen molar-refractivity contribution in [1.82, 2.24) is 0 Å². The number of carbonyl (C=O) groups excluding carboxylic acids is 1. The summed E-state index contributed by atoms with van der Waals surface area (Å²) in [5.74, 6) is -1.09. The summed E-state index contributed by atoms with van der Waals surface area (Å²) in [6, 6.07) is 11.5. The molecule has 0 bridgehead atoms. The number of nitrogens with two attached hydrogens (primary N) is 1. The van der Waals surface area contributed by atoms with Gasteiger partial charge in [0.15, 0.2) is 0 Å². The first-order valence-corrected chi connectivity index (χ1v) is 7.10. The summed E-state index contributed by atoms with van der Waals surface area (Å²) in [5, 5.41) is 8.98. The van der Waals surface area contributed by atoms with Gasteiger partial charge in [0.1, 0.15) is 12.4 Å². The average molecular weight is 397 g/mol. The molecule has 0 spiro atoms. The Kier molecular flexibility index (Phi) is 4.79. The molecular formula is C15H12INO4. The molecule has 0 radical (unpaired) electrons. The molecule has 2 aromatic carbocycles. The summed E-state index contributed by atoms with van der Waals surface area (Å²) in [5.41, 5.74) is 6.50. The van der Waals surface area contributed by atoms with E-state index in [0.29, 0.717) is 16.9 Å². The van der Waals surface area contributed by atoms with Crippen LogP contribution in [0.4, 0.5) is 0 Å². The van der Waals surface area contributed by atoms with E-state index in [0.717, 1.165) is 3.57 Å². The van der Waals surface area contributed by atoms with Crippen molar-refractivity contribution in [3.63, 3.8) is 0 Å². The maximum atomic E-state index is 11.3. The van der Waals surface area contributed by atoms with Crippen LogP contribution in [-0.4, -0.2) is 17.0 Å². The number of halogens is 1. The molecule has 21 heavy (non-hydrogen) atoms. The first kappa shape index (κ1) is 15.3. The largest absolute Gasteiger partial charge is 0.488 e. The van der Waals surface area contributed by atoms with Gasteiger partial charge in [0.2, 0.25) is 5.91 Å². The van der Waals surface area contributed by atoms with Crippen molar-refractivity contribution in [1.29, 1.82) is 0 Å². The zero-order valence-electron chi connectivity index (χ0n) is 10.9. The van der Waals surface area contributed by atoms with E-state index in [1.807, 2.05) is 0 Å². The summed E-state index contributed by atoms with van der Waals surface area (Å²) < 4.78 is 6.41. The van der Waals surface area contributed by atoms with E-state index in [1.165, 1.54) is 12.1 Å². The van der Waals surface area contributed by atoms with Gasteiger partial charge in [-0.15, -0.1) is 0 Å². The fourth-order valence-electron chi connectivity index (χ4n) is 1.79. The van der Waals surface area contributed by atoms with Crippen LogP contribution in [0.2, 0.25) is 0 Å². The van der Waals surface area contributed by atoms with Crippen LogP contribution in [0.5, 0.6) is 5.75 Å². The highest BCUT2D eigenvalue weighted by molar-refractivity contribution is 14.1. The van der Waals surface area contributed by atoms with Gasteiger partial charge < -0.3 is 15.6 Å². The van der Waals surface area contributed by atoms with Crippen molar-refractivity contribution >= 4 is 34.5 Å². The van der Waals surface area contributed by atoms with Crippen molar-refractivity contribution in [3.05, 3.63) is 62.7 Å². The van der Waals surface area contributed by atoms with Crippen molar-refractivity contribution in [2.24, 2.45) is 5.73 Å². The van der Waals surface area contributed by atoms with E-state index < -0.39 is 11.9 Å². The number of benzene rings is 2. The summed E-state index contributed by atoms with van der Waals surface area (Å²) in [4.78, 5) is 22.3. The minimum absolute atomic E-state index is 0.137. The smallest absolute Gasteiger partial charge is 0.335 e. The predicted octanol–water partition coefficient (Wildman–Crippen LogP) is 2.67. The van der Waals surface area contributed by atoms with Crippen molar-refractivity contribution < 1.29 is 19.4 Å². The van der Waals surface area contributed by atoms with Crippen LogP contribution in [0, 0.1) is 3.57 Å². The van der Waals surface area contributed by atoms with Crippen molar-refractivity contribution in [2.45, 2.75) is 6.61 Å². The number of aromatic carboxylic acids is 1. The number of carbonyl (C=O) groups is 2. The highest BCUT2D eigenvalue weighted by Gasteiger charge is 2.11. The molecule has 0 aliphatic heterocycles. The van der Waals surface area contributed by atoms with E-state index in [4.69, 9.17) is 15.6 Å². The highest BCUT2D eigenvalue weighted by atomic mass is 127. The molecule has 0 heterocycles. The van der Waals surface area contributed by atoms with Crippen LogP contribution in [0.3, 0.4) is 0 Å². The quantitative estimate of drug-likeness (QED) is 0.760. The van der Waals surface area contributed by atoms with E-state index in [1.54, 1.807) is 30.3 Å². The molecule has 3 N–H and O–H groups in total. The lowest BCUT2D eigenvalue weighted by Crippen LogP contribution is -2.14. The Bertz CT molecular complexity index is 700. The van der Waals surface area contributed by atoms with E-state index in [9.17, 15) is 9.59 Å². The van der Waals surface area contributed by atoms with Crippen LogP contribution < -0.4 is 10.5 Å². The SMILES string of the molecule is NC(=O)c1ccccc1COc1cc(C(=O)O)ccc1I. The molecule has 0 aliphatic carbocycles. The van der Waals surface area contributed by atoms with Gasteiger partial charge in [-0.3, -0.25) is 4.79 Å². The minimum Gasteiger partial charge on any atom is -0.488 e. The molecule has 0 fully saturated rings. The van der Waals surface area contributed by atoms with Crippen LogP contribution in [0.1, 0.15) is 26.3 Å². The Morgan fingerprint density at radius 3 is 2.57 bits per heavy atom. The number of ether oxygens (including phenoxy) is 1. The lowest BCUT2D eigenvalue weighted by atomic mass is 10.1. The number of carboxylic acids is 1. The lowest BCUT2D eigenvalue weighted by Gasteiger charge is -2.11. The summed E-state index contributed by atoms with van der Waals surface area (Å²) in [6.07, 6.45) is 0. The number of hydrogen-bond acceptors (Lipinski definition) is 3. The predicted molar refractivity (Wildman–Crippen MR) is 85.4 cm³/mol. The molecule has 0 saturated heterocycles. The van der Waals surface area contributed by atoms with Gasteiger partial charge in [-0.2, -0.15) is 0 Å².